The lowest BCUT2D eigenvalue weighted by Gasteiger charge is -2.48. The third-order valence-electron chi connectivity index (χ3n) is 5.85. The van der Waals surface area contributed by atoms with Gasteiger partial charge in [0, 0.05) is 37.7 Å². The van der Waals surface area contributed by atoms with Gasteiger partial charge in [0.05, 0.1) is 12.4 Å². The molecule has 1 spiro atoms. The number of fused-ring (bicyclic) bond motifs is 1. The van der Waals surface area contributed by atoms with Crippen molar-refractivity contribution in [1.82, 2.24) is 29.7 Å². The first-order valence-corrected chi connectivity index (χ1v) is 9.92. The van der Waals surface area contributed by atoms with Crippen LogP contribution in [0.2, 0.25) is 0 Å². The molecule has 0 N–H and O–H groups in total. The van der Waals surface area contributed by atoms with Crippen molar-refractivity contribution in [3.05, 3.63) is 30.0 Å². The van der Waals surface area contributed by atoms with Gasteiger partial charge in [-0.15, -0.1) is 0 Å². The summed E-state index contributed by atoms with van der Waals surface area (Å²) in [5.41, 5.74) is 0.552. The third-order valence-corrected chi connectivity index (χ3v) is 5.85. The van der Waals surface area contributed by atoms with Gasteiger partial charge in [-0.25, -0.2) is 42.2 Å². The van der Waals surface area contributed by atoms with Crippen LogP contribution < -0.4 is 9.80 Å². The Morgan fingerprint density at radius 2 is 1.77 bits per heavy atom. The van der Waals surface area contributed by atoms with Gasteiger partial charge in [-0.1, -0.05) is 0 Å². The van der Waals surface area contributed by atoms with Crippen molar-refractivity contribution < 1.29 is 17.6 Å². The van der Waals surface area contributed by atoms with E-state index in [1.807, 2.05) is 4.90 Å². The summed E-state index contributed by atoms with van der Waals surface area (Å²) < 4.78 is 52.8. The molecule has 3 aromatic rings. The molecule has 5 rings (SSSR count). The number of nitrogens with zero attached hydrogens (tertiary/aromatic N) is 8. The van der Waals surface area contributed by atoms with E-state index in [0.29, 0.717) is 41.7 Å². The van der Waals surface area contributed by atoms with Crippen LogP contribution in [-0.4, -0.2) is 62.3 Å². The molecule has 0 atom stereocenters. The predicted octanol–water partition coefficient (Wildman–Crippen LogP) is 2.84. The summed E-state index contributed by atoms with van der Waals surface area (Å²) in [7, 11) is 0. The van der Waals surface area contributed by atoms with E-state index in [9.17, 15) is 17.6 Å². The van der Waals surface area contributed by atoms with E-state index in [0.717, 1.165) is 19.5 Å². The molecule has 0 radical (unpaired) electrons. The van der Waals surface area contributed by atoms with E-state index in [1.165, 1.54) is 16.9 Å². The molecule has 3 aromatic heterocycles. The summed E-state index contributed by atoms with van der Waals surface area (Å²) in [5.74, 6) is 1.46. The smallest absolute Gasteiger partial charge is 0.280 e. The molecule has 0 bridgehead atoms. The zero-order chi connectivity index (χ0) is 21.8. The van der Waals surface area contributed by atoms with Crippen molar-refractivity contribution in [3.63, 3.8) is 0 Å². The summed E-state index contributed by atoms with van der Waals surface area (Å²) in [6.07, 6.45) is -1.19. The highest BCUT2D eigenvalue weighted by molar-refractivity contribution is 5.71. The van der Waals surface area contributed by atoms with Crippen LogP contribution in [0.25, 0.3) is 11.2 Å². The summed E-state index contributed by atoms with van der Waals surface area (Å²) >= 11 is 0. The van der Waals surface area contributed by atoms with Gasteiger partial charge in [-0.3, -0.25) is 0 Å². The van der Waals surface area contributed by atoms with Crippen LogP contribution in [0, 0.1) is 12.3 Å². The highest BCUT2D eigenvalue weighted by Gasteiger charge is 2.48. The number of alkyl halides is 4. The molecule has 12 heteroatoms. The molecule has 0 aromatic carbocycles. The molecule has 0 saturated carbocycles. The number of halogens is 4. The number of aryl methyl sites for hydroxylation is 1. The lowest BCUT2D eigenvalue weighted by Crippen LogP contribution is -2.58. The van der Waals surface area contributed by atoms with E-state index in [1.54, 1.807) is 13.1 Å². The Morgan fingerprint density at radius 1 is 1.00 bits per heavy atom. The van der Waals surface area contributed by atoms with Crippen LogP contribution in [-0.2, 0) is 6.54 Å². The normalized spacial score (nSPS) is 18.0. The van der Waals surface area contributed by atoms with E-state index in [-0.39, 0.29) is 11.1 Å². The monoisotopic (exact) mass is 436 g/mol. The maximum Gasteiger partial charge on any atom is 0.280 e. The number of hydrogen-bond donors (Lipinski definition) is 0. The SMILES string of the molecule is Cc1nc(C(F)F)cc(N2CC3(CCN(c4cnc5cnn(CC(F)F)c5n4)C3)C2)n1. The molecule has 2 saturated heterocycles. The van der Waals surface area contributed by atoms with Gasteiger partial charge >= 0.3 is 0 Å². The van der Waals surface area contributed by atoms with Gasteiger partial charge in [0.25, 0.3) is 12.9 Å². The van der Waals surface area contributed by atoms with Crippen molar-refractivity contribution >= 4 is 22.8 Å². The lowest BCUT2D eigenvalue weighted by molar-refractivity contribution is 0.123. The Bertz CT molecular complexity index is 1110. The van der Waals surface area contributed by atoms with E-state index < -0.39 is 19.4 Å². The lowest BCUT2D eigenvalue weighted by atomic mass is 9.79. The fraction of sp³-hybridized carbons (Fsp3) is 0.526. The van der Waals surface area contributed by atoms with Crippen molar-refractivity contribution in [2.45, 2.75) is 32.7 Å². The van der Waals surface area contributed by atoms with E-state index in [2.05, 4.69) is 29.9 Å². The Hall–Kier alpha value is -3.05. The summed E-state index contributed by atoms with van der Waals surface area (Å²) in [6, 6.07) is 1.35. The van der Waals surface area contributed by atoms with Gasteiger partial charge in [0.1, 0.15) is 35.2 Å². The standard InChI is InChI=1S/C19H20F4N8/c1-11-26-12(17(22)23)4-15(27-11)30-9-19(10-30)2-3-29(8-19)16-6-24-13-5-25-31(7-14(20)21)18(13)28-16/h4-6,14,17H,2-3,7-10H2,1H3. The fourth-order valence-electron chi connectivity index (χ4n) is 4.42. The van der Waals surface area contributed by atoms with Crippen molar-refractivity contribution in [3.8, 4) is 0 Å². The maximum absolute atomic E-state index is 13.1. The average molecular weight is 436 g/mol. The van der Waals surface area contributed by atoms with Gasteiger partial charge in [-0.2, -0.15) is 5.10 Å². The largest absolute Gasteiger partial charge is 0.355 e. The van der Waals surface area contributed by atoms with E-state index in [4.69, 9.17) is 0 Å². The van der Waals surface area contributed by atoms with Crippen molar-refractivity contribution in [2.75, 3.05) is 36.0 Å². The Labute approximate surface area is 174 Å². The molecule has 0 amide bonds. The minimum absolute atomic E-state index is 0.00367. The molecule has 0 aliphatic carbocycles. The molecule has 8 nitrogen and oxygen atoms in total. The molecule has 0 unspecified atom stereocenters. The Morgan fingerprint density at radius 3 is 2.52 bits per heavy atom. The first kappa shape index (κ1) is 19.9. The van der Waals surface area contributed by atoms with Crippen LogP contribution in [0.15, 0.2) is 18.5 Å². The number of aromatic nitrogens is 6. The molecule has 2 fully saturated rings. The second-order valence-corrected chi connectivity index (χ2v) is 8.18. The highest BCUT2D eigenvalue weighted by atomic mass is 19.3. The Balaban J connectivity index is 1.30. The summed E-state index contributed by atoms with van der Waals surface area (Å²) in [5, 5.41) is 3.95. The minimum atomic E-state index is -2.63. The molecule has 164 valence electrons. The minimum Gasteiger partial charge on any atom is -0.355 e. The van der Waals surface area contributed by atoms with Crippen molar-refractivity contribution in [2.24, 2.45) is 5.41 Å². The average Bonchev–Trinajstić information content (AvgIpc) is 3.30. The first-order valence-electron chi connectivity index (χ1n) is 9.92. The molecule has 5 heterocycles. The number of rotatable bonds is 5. The van der Waals surface area contributed by atoms with Crippen LogP contribution in [0.1, 0.15) is 24.4 Å². The number of hydrogen-bond acceptors (Lipinski definition) is 7. The highest BCUT2D eigenvalue weighted by Crippen LogP contribution is 2.42. The quantitative estimate of drug-likeness (QED) is 0.570. The van der Waals surface area contributed by atoms with Gasteiger partial charge in [0.15, 0.2) is 5.65 Å². The van der Waals surface area contributed by atoms with Gasteiger partial charge < -0.3 is 9.80 Å². The molecule has 2 aliphatic rings. The van der Waals surface area contributed by atoms with Crippen LogP contribution >= 0.6 is 0 Å². The second kappa shape index (κ2) is 7.27. The third kappa shape index (κ3) is 3.63. The zero-order valence-corrected chi connectivity index (χ0v) is 16.7. The predicted molar refractivity (Wildman–Crippen MR) is 105 cm³/mol. The van der Waals surface area contributed by atoms with Gasteiger partial charge in [-0.05, 0) is 13.3 Å². The van der Waals surface area contributed by atoms with Crippen molar-refractivity contribution in [1.29, 1.82) is 0 Å². The van der Waals surface area contributed by atoms with Crippen LogP contribution in [0.5, 0.6) is 0 Å². The molecule has 31 heavy (non-hydrogen) atoms. The van der Waals surface area contributed by atoms with E-state index >= 15 is 0 Å². The Kier molecular flexibility index (Phi) is 4.67. The topological polar surface area (TPSA) is 75.9 Å². The van der Waals surface area contributed by atoms with Gasteiger partial charge in [0.2, 0.25) is 0 Å². The molecular weight excluding hydrogens is 416 g/mol. The summed E-state index contributed by atoms with van der Waals surface area (Å²) in [6.45, 7) is 3.94. The summed E-state index contributed by atoms with van der Waals surface area (Å²) in [4.78, 5) is 21.0. The second-order valence-electron chi connectivity index (χ2n) is 8.18. The fourth-order valence-corrected chi connectivity index (χ4v) is 4.42. The molecule has 2 aliphatic heterocycles. The van der Waals surface area contributed by atoms with Crippen LogP contribution in [0.3, 0.4) is 0 Å². The van der Waals surface area contributed by atoms with Crippen LogP contribution in [0.4, 0.5) is 29.2 Å². The zero-order valence-electron chi connectivity index (χ0n) is 16.7. The molecular formula is C19H20F4N8. The first-order chi connectivity index (χ1) is 14.8. The number of anilines is 2. The maximum atomic E-state index is 13.1.